The molecule has 1 N–H and O–H groups in total. The van der Waals surface area contributed by atoms with Gasteiger partial charge in [-0.1, -0.05) is 0 Å². The summed E-state index contributed by atoms with van der Waals surface area (Å²) in [6, 6.07) is 1.66. The van der Waals surface area contributed by atoms with Gasteiger partial charge in [0.2, 0.25) is 0 Å². The second kappa shape index (κ2) is 4.91. The van der Waals surface area contributed by atoms with Crippen molar-refractivity contribution < 1.29 is 21.9 Å². The molecule has 1 aliphatic heterocycles. The number of hydrogen-bond donors (Lipinski definition) is 1. The maximum atomic E-state index is 14.1. The topological polar surface area (TPSA) is 55.4 Å². The summed E-state index contributed by atoms with van der Waals surface area (Å²) >= 11 is 0. The van der Waals surface area contributed by atoms with Gasteiger partial charge in [-0.05, 0) is 12.1 Å². The zero-order valence-electron chi connectivity index (χ0n) is 9.74. The van der Waals surface area contributed by atoms with E-state index in [0.29, 0.717) is 25.8 Å². The van der Waals surface area contributed by atoms with Crippen LogP contribution in [0, 0.1) is 11.6 Å². The Balaban J connectivity index is 2.50. The van der Waals surface area contributed by atoms with Gasteiger partial charge < -0.3 is 10.1 Å². The fraction of sp³-hybridized carbons (Fsp3) is 0.455. The van der Waals surface area contributed by atoms with Crippen molar-refractivity contribution >= 4 is 9.84 Å². The summed E-state index contributed by atoms with van der Waals surface area (Å²) < 4.78 is 55.5. The van der Waals surface area contributed by atoms with Crippen LogP contribution >= 0.6 is 0 Å². The molecule has 1 aliphatic rings. The molecule has 0 amide bonds. The Kier molecular flexibility index (Phi) is 3.65. The lowest BCUT2D eigenvalue weighted by atomic mass is 10.1. The zero-order valence-corrected chi connectivity index (χ0v) is 10.6. The number of hydrogen-bond acceptors (Lipinski definition) is 4. The number of halogens is 2. The Labute approximate surface area is 104 Å². The van der Waals surface area contributed by atoms with Crippen molar-refractivity contribution in [3.05, 3.63) is 29.3 Å². The van der Waals surface area contributed by atoms with Gasteiger partial charge in [0.05, 0.1) is 12.7 Å². The fourth-order valence-corrected chi connectivity index (χ4v) is 2.62. The van der Waals surface area contributed by atoms with Crippen molar-refractivity contribution in [3.8, 4) is 0 Å². The van der Waals surface area contributed by atoms with E-state index >= 15 is 0 Å². The zero-order chi connectivity index (χ0) is 13.3. The van der Waals surface area contributed by atoms with Crippen LogP contribution in [0.15, 0.2) is 17.0 Å². The van der Waals surface area contributed by atoms with E-state index in [0.717, 1.165) is 12.3 Å². The average Bonchev–Trinajstić information content (AvgIpc) is 2.31. The largest absolute Gasteiger partial charge is 0.371 e. The van der Waals surface area contributed by atoms with Gasteiger partial charge in [-0.2, -0.15) is 0 Å². The molecule has 0 aromatic heterocycles. The van der Waals surface area contributed by atoms with Crippen LogP contribution < -0.4 is 5.32 Å². The van der Waals surface area contributed by atoms with Gasteiger partial charge in [-0.15, -0.1) is 0 Å². The highest BCUT2D eigenvalue weighted by molar-refractivity contribution is 7.90. The van der Waals surface area contributed by atoms with Crippen LogP contribution in [-0.2, 0) is 14.6 Å². The molecule has 1 unspecified atom stereocenters. The molecule has 1 heterocycles. The number of benzene rings is 1. The minimum Gasteiger partial charge on any atom is -0.371 e. The summed E-state index contributed by atoms with van der Waals surface area (Å²) in [4.78, 5) is -0.633. The third-order valence-electron chi connectivity index (χ3n) is 2.71. The molecule has 2 rings (SSSR count). The van der Waals surface area contributed by atoms with Crippen LogP contribution in [0.4, 0.5) is 8.78 Å². The summed E-state index contributed by atoms with van der Waals surface area (Å²) in [7, 11) is -3.81. The molecule has 0 radical (unpaired) electrons. The third-order valence-corrected chi connectivity index (χ3v) is 3.80. The molecule has 100 valence electrons. The van der Waals surface area contributed by atoms with E-state index < -0.39 is 32.5 Å². The van der Waals surface area contributed by atoms with E-state index in [9.17, 15) is 17.2 Å². The first-order chi connectivity index (χ1) is 8.39. The number of sulfone groups is 1. The van der Waals surface area contributed by atoms with E-state index in [4.69, 9.17) is 4.74 Å². The van der Waals surface area contributed by atoms with Crippen LogP contribution in [0.1, 0.15) is 11.7 Å². The highest BCUT2D eigenvalue weighted by atomic mass is 32.2. The van der Waals surface area contributed by atoms with E-state index in [-0.39, 0.29) is 5.56 Å². The van der Waals surface area contributed by atoms with Crippen molar-refractivity contribution in [2.75, 3.05) is 26.0 Å². The van der Waals surface area contributed by atoms with Gasteiger partial charge in [0, 0.05) is 24.9 Å². The lowest BCUT2D eigenvalue weighted by molar-refractivity contribution is 0.0250. The van der Waals surface area contributed by atoms with Crippen molar-refractivity contribution in [1.29, 1.82) is 0 Å². The molecule has 1 saturated heterocycles. The molecular weight excluding hydrogens is 264 g/mol. The van der Waals surface area contributed by atoms with Crippen LogP contribution in [0.5, 0.6) is 0 Å². The number of morpholine rings is 1. The molecule has 1 aromatic rings. The predicted octanol–water partition coefficient (Wildman–Crippen LogP) is 1.03. The summed E-state index contributed by atoms with van der Waals surface area (Å²) in [6.45, 7) is 1.32. The van der Waals surface area contributed by atoms with Crippen LogP contribution in [0.3, 0.4) is 0 Å². The first-order valence-electron chi connectivity index (χ1n) is 5.41. The van der Waals surface area contributed by atoms with Crippen molar-refractivity contribution in [3.63, 3.8) is 0 Å². The Morgan fingerprint density at radius 2 is 2.11 bits per heavy atom. The van der Waals surface area contributed by atoms with Crippen molar-refractivity contribution in [1.82, 2.24) is 5.32 Å². The summed E-state index contributed by atoms with van der Waals surface area (Å²) in [5.41, 5.74) is -0.0670. The first kappa shape index (κ1) is 13.4. The molecule has 1 atom stereocenters. The van der Waals surface area contributed by atoms with Gasteiger partial charge in [-0.25, -0.2) is 17.2 Å². The molecule has 18 heavy (non-hydrogen) atoms. The molecule has 0 spiro atoms. The van der Waals surface area contributed by atoms with Crippen molar-refractivity contribution in [2.45, 2.75) is 11.0 Å². The Bertz CT molecular complexity index is 554. The molecule has 0 bridgehead atoms. The van der Waals surface area contributed by atoms with Crippen LogP contribution in [-0.4, -0.2) is 34.4 Å². The predicted molar refractivity (Wildman–Crippen MR) is 61.0 cm³/mol. The maximum absolute atomic E-state index is 14.1. The smallest absolute Gasteiger partial charge is 0.178 e. The lowest BCUT2D eigenvalue weighted by Crippen LogP contribution is -2.34. The van der Waals surface area contributed by atoms with Gasteiger partial charge in [0.1, 0.15) is 16.5 Å². The average molecular weight is 277 g/mol. The van der Waals surface area contributed by atoms with Gasteiger partial charge in [0.25, 0.3) is 0 Å². The summed E-state index contributed by atoms with van der Waals surface area (Å²) in [5.74, 6) is -1.73. The molecule has 1 fully saturated rings. The molecule has 0 aliphatic carbocycles. The Hall–Kier alpha value is -1.05. The Morgan fingerprint density at radius 3 is 2.67 bits per heavy atom. The lowest BCUT2D eigenvalue weighted by Gasteiger charge is -2.24. The molecule has 7 heteroatoms. The molecule has 1 aromatic carbocycles. The standard InChI is InChI=1S/C11H13F2NO3S/c1-18(15,16)10-5-7(12)4-8(11(10)13)9-6-14-2-3-17-9/h4-5,9,14H,2-3,6H2,1H3. The monoisotopic (exact) mass is 277 g/mol. The Morgan fingerprint density at radius 1 is 1.39 bits per heavy atom. The van der Waals surface area contributed by atoms with Crippen LogP contribution in [0.2, 0.25) is 0 Å². The van der Waals surface area contributed by atoms with Gasteiger partial charge in [0.15, 0.2) is 9.84 Å². The SMILES string of the molecule is CS(=O)(=O)c1cc(F)cc(C2CNCCO2)c1F. The molecule has 0 saturated carbocycles. The van der Waals surface area contributed by atoms with E-state index in [1.807, 2.05) is 0 Å². The third kappa shape index (κ3) is 2.68. The number of rotatable bonds is 2. The normalized spacial score (nSPS) is 20.9. The minimum absolute atomic E-state index is 0.0670. The van der Waals surface area contributed by atoms with E-state index in [1.165, 1.54) is 0 Å². The maximum Gasteiger partial charge on any atom is 0.178 e. The highest BCUT2D eigenvalue weighted by Gasteiger charge is 2.25. The summed E-state index contributed by atoms with van der Waals surface area (Å²) in [6.07, 6.45) is 0.171. The number of ether oxygens (including phenoxy) is 1. The first-order valence-corrected chi connectivity index (χ1v) is 7.30. The summed E-state index contributed by atoms with van der Waals surface area (Å²) in [5, 5.41) is 2.97. The second-order valence-corrected chi connectivity index (χ2v) is 6.13. The van der Waals surface area contributed by atoms with E-state index in [1.54, 1.807) is 0 Å². The molecular formula is C11H13F2NO3S. The van der Waals surface area contributed by atoms with Gasteiger partial charge >= 0.3 is 0 Å². The fourth-order valence-electron chi connectivity index (χ4n) is 1.85. The minimum atomic E-state index is -3.81. The van der Waals surface area contributed by atoms with Gasteiger partial charge in [-0.3, -0.25) is 0 Å². The second-order valence-electron chi connectivity index (χ2n) is 4.14. The number of nitrogens with one attached hydrogen (secondary N) is 1. The molecule has 4 nitrogen and oxygen atoms in total. The van der Waals surface area contributed by atoms with E-state index in [2.05, 4.69) is 5.32 Å². The quantitative estimate of drug-likeness (QED) is 0.877. The van der Waals surface area contributed by atoms with Crippen molar-refractivity contribution in [2.24, 2.45) is 0 Å². The highest BCUT2D eigenvalue weighted by Crippen LogP contribution is 2.27. The van der Waals surface area contributed by atoms with Crippen LogP contribution in [0.25, 0.3) is 0 Å².